The van der Waals surface area contributed by atoms with Crippen LogP contribution in [0, 0.1) is 0 Å². The van der Waals surface area contributed by atoms with E-state index >= 15 is 0 Å². The molecule has 0 bridgehead atoms. The van der Waals surface area contributed by atoms with Crippen molar-refractivity contribution in [3.63, 3.8) is 0 Å². The molecule has 0 aliphatic carbocycles. The van der Waals surface area contributed by atoms with Crippen molar-refractivity contribution in [2.24, 2.45) is 5.84 Å². The Morgan fingerprint density at radius 3 is 2.68 bits per heavy atom. The normalized spacial score (nSPS) is 13.5. The number of rotatable bonds is 8. The molecule has 0 saturated heterocycles. The summed E-state index contributed by atoms with van der Waals surface area (Å²) < 4.78 is 4.10. The van der Waals surface area contributed by atoms with Gasteiger partial charge in [0.2, 0.25) is 0 Å². The summed E-state index contributed by atoms with van der Waals surface area (Å²) in [6, 6.07) is 0.165. The second kappa shape index (κ2) is 7.72. The Morgan fingerprint density at radius 2 is 2.11 bits per heavy atom. The maximum Gasteiger partial charge on any atom is 0.0857 e. The molecule has 4 nitrogen and oxygen atoms in total. The Bertz CT molecular complexity index is 381. The van der Waals surface area contributed by atoms with E-state index in [1.54, 1.807) is 0 Å². The Hall–Kier alpha value is -0.780. The van der Waals surface area contributed by atoms with Gasteiger partial charge in [0.1, 0.15) is 0 Å². The number of hydrogen-bond acceptors (Lipinski definition) is 5. The van der Waals surface area contributed by atoms with Crippen LogP contribution in [0.3, 0.4) is 0 Å². The number of aromatic nitrogens is 2. The van der Waals surface area contributed by atoms with Crippen molar-refractivity contribution in [1.82, 2.24) is 15.0 Å². The zero-order chi connectivity index (χ0) is 14.3. The van der Waals surface area contributed by atoms with Crippen LogP contribution in [0.4, 0.5) is 0 Å². The molecule has 1 unspecified atom stereocenters. The van der Waals surface area contributed by atoms with E-state index in [1.807, 2.05) is 6.08 Å². The van der Waals surface area contributed by atoms with Gasteiger partial charge in [-0.05, 0) is 30.8 Å². The molecule has 19 heavy (non-hydrogen) atoms. The average molecular weight is 282 g/mol. The van der Waals surface area contributed by atoms with Crippen LogP contribution in [0.15, 0.2) is 12.7 Å². The first-order chi connectivity index (χ1) is 9.00. The summed E-state index contributed by atoms with van der Waals surface area (Å²) >= 11 is 1.46. The lowest BCUT2D eigenvalue weighted by Crippen LogP contribution is -2.29. The summed E-state index contributed by atoms with van der Waals surface area (Å²) in [6.45, 7) is 10.2. The molecule has 0 radical (unpaired) electrons. The minimum absolute atomic E-state index is 0.0142. The van der Waals surface area contributed by atoms with Crippen LogP contribution in [-0.4, -0.2) is 9.59 Å². The van der Waals surface area contributed by atoms with Gasteiger partial charge in [-0.2, -0.15) is 0 Å². The summed E-state index contributed by atoms with van der Waals surface area (Å²) in [6.07, 6.45) is 7.67. The third-order valence-electron chi connectivity index (χ3n) is 3.14. The zero-order valence-corrected chi connectivity index (χ0v) is 13.1. The van der Waals surface area contributed by atoms with Crippen LogP contribution in [0.5, 0.6) is 0 Å². The third kappa shape index (κ3) is 5.01. The van der Waals surface area contributed by atoms with Crippen molar-refractivity contribution in [1.29, 1.82) is 0 Å². The standard InChI is InChI=1S/C14H26N4S/c1-5-6-7-8-9-10-11(16-15)12-13(14(2,3)4)17-18-19-12/h5,11,16H,1,6-10,15H2,2-4H3. The van der Waals surface area contributed by atoms with Crippen molar-refractivity contribution in [2.45, 2.75) is 64.3 Å². The predicted molar refractivity (Wildman–Crippen MR) is 82.0 cm³/mol. The van der Waals surface area contributed by atoms with Crippen LogP contribution >= 0.6 is 11.5 Å². The largest absolute Gasteiger partial charge is 0.271 e. The molecule has 0 aliphatic heterocycles. The summed E-state index contributed by atoms with van der Waals surface area (Å²) in [7, 11) is 0. The number of unbranched alkanes of at least 4 members (excludes halogenated alkanes) is 3. The summed E-state index contributed by atoms with van der Waals surface area (Å²) in [5.74, 6) is 5.70. The third-order valence-corrected chi connectivity index (χ3v) is 3.98. The Labute approximate surface area is 120 Å². The molecule has 5 heteroatoms. The van der Waals surface area contributed by atoms with Gasteiger partial charge in [0.05, 0.1) is 16.6 Å². The van der Waals surface area contributed by atoms with Gasteiger partial charge < -0.3 is 0 Å². The van der Waals surface area contributed by atoms with Crippen LogP contribution in [0.2, 0.25) is 0 Å². The smallest absolute Gasteiger partial charge is 0.0857 e. The number of nitrogens with one attached hydrogen (secondary N) is 1. The fourth-order valence-corrected chi connectivity index (χ4v) is 3.01. The first kappa shape index (κ1) is 16.3. The van der Waals surface area contributed by atoms with Crippen LogP contribution < -0.4 is 11.3 Å². The highest BCUT2D eigenvalue weighted by atomic mass is 32.1. The van der Waals surface area contributed by atoms with Gasteiger partial charge >= 0.3 is 0 Å². The molecule has 1 aromatic heterocycles. The highest BCUT2D eigenvalue weighted by Crippen LogP contribution is 2.32. The van der Waals surface area contributed by atoms with Crippen molar-refractivity contribution >= 4 is 11.5 Å². The van der Waals surface area contributed by atoms with Gasteiger partial charge in [-0.1, -0.05) is 44.2 Å². The lowest BCUT2D eigenvalue weighted by atomic mass is 9.89. The molecule has 1 atom stereocenters. The van der Waals surface area contributed by atoms with Gasteiger partial charge in [-0.25, -0.2) is 0 Å². The Balaban J connectivity index is 2.60. The minimum atomic E-state index is 0.0142. The lowest BCUT2D eigenvalue weighted by Gasteiger charge is -2.21. The summed E-state index contributed by atoms with van der Waals surface area (Å²) in [5.41, 5.74) is 3.99. The molecule has 0 spiro atoms. The maximum absolute atomic E-state index is 5.70. The highest BCUT2D eigenvalue weighted by molar-refractivity contribution is 7.05. The second-order valence-electron chi connectivity index (χ2n) is 5.88. The van der Waals surface area contributed by atoms with Crippen molar-refractivity contribution < 1.29 is 0 Å². The van der Waals surface area contributed by atoms with Crippen molar-refractivity contribution in [3.05, 3.63) is 23.2 Å². The molecule has 1 heterocycles. The fraction of sp³-hybridized carbons (Fsp3) is 0.714. The van der Waals surface area contributed by atoms with E-state index in [0.29, 0.717) is 0 Å². The molecule has 3 N–H and O–H groups in total. The summed E-state index contributed by atoms with van der Waals surface area (Å²) in [4.78, 5) is 1.18. The van der Waals surface area contributed by atoms with Gasteiger partial charge in [0.25, 0.3) is 0 Å². The molecule has 1 aromatic rings. The molecule has 0 fully saturated rings. The molecule has 0 aliphatic rings. The van der Waals surface area contributed by atoms with E-state index in [1.165, 1.54) is 29.3 Å². The number of nitrogens with two attached hydrogens (primary N) is 1. The van der Waals surface area contributed by atoms with Gasteiger partial charge in [-0.3, -0.25) is 11.3 Å². The van der Waals surface area contributed by atoms with Crippen LogP contribution in [0.1, 0.15) is 69.5 Å². The fourth-order valence-electron chi connectivity index (χ4n) is 2.05. The monoisotopic (exact) mass is 282 g/mol. The van der Waals surface area contributed by atoms with E-state index in [-0.39, 0.29) is 11.5 Å². The van der Waals surface area contributed by atoms with E-state index < -0.39 is 0 Å². The van der Waals surface area contributed by atoms with Crippen LogP contribution in [0.25, 0.3) is 0 Å². The van der Waals surface area contributed by atoms with E-state index in [9.17, 15) is 0 Å². The van der Waals surface area contributed by atoms with E-state index in [4.69, 9.17) is 5.84 Å². The van der Waals surface area contributed by atoms with Gasteiger partial charge in [-0.15, -0.1) is 11.7 Å². The first-order valence-electron chi connectivity index (χ1n) is 6.90. The van der Waals surface area contributed by atoms with Crippen molar-refractivity contribution in [3.8, 4) is 0 Å². The van der Waals surface area contributed by atoms with E-state index in [0.717, 1.165) is 25.0 Å². The number of hydrazine groups is 1. The number of hydrogen-bond donors (Lipinski definition) is 2. The van der Waals surface area contributed by atoms with Gasteiger partial charge in [0, 0.05) is 5.41 Å². The molecule has 108 valence electrons. The Kier molecular flexibility index (Phi) is 6.62. The number of allylic oxidation sites excluding steroid dienone is 1. The first-order valence-corrected chi connectivity index (χ1v) is 7.67. The second-order valence-corrected chi connectivity index (χ2v) is 6.67. The maximum atomic E-state index is 5.70. The Morgan fingerprint density at radius 1 is 1.37 bits per heavy atom. The lowest BCUT2D eigenvalue weighted by molar-refractivity contribution is 0.472. The number of nitrogens with zero attached hydrogens (tertiary/aromatic N) is 2. The molecular formula is C14H26N4S. The molecule has 1 rings (SSSR count). The molecule has 0 aromatic carbocycles. The average Bonchev–Trinajstić information content (AvgIpc) is 2.82. The highest BCUT2D eigenvalue weighted by Gasteiger charge is 2.26. The quantitative estimate of drug-likeness (QED) is 0.332. The van der Waals surface area contributed by atoms with Gasteiger partial charge in [0.15, 0.2) is 0 Å². The van der Waals surface area contributed by atoms with Crippen molar-refractivity contribution in [2.75, 3.05) is 0 Å². The topological polar surface area (TPSA) is 63.8 Å². The zero-order valence-electron chi connectivity index (χ0n) is 12.3. The molecular weight excluding hydrogens is 256 g/mol. The predicted octanol–water partition coefficient (Wildman–Crippen LogP) is 3.48. The SMILES string of the molecule is C=CCCCCCC(NN)c1snnc1C(C)(C)C. The minimum Gasteiger partial charge on any atom is -0.271 e. The molecule has 0 amide bonds. The molecule has 0 saturated carbocycles. The summed E-state index contributed by atoms with van der Waals surface area (Å²) in [5, 5.41) is 4.27. The van der Waals surface area contributed by atoms with E-state index in [2.05, 4.69) is 42.4 Å². The van der Waals surface area contributed by atoms with Crippen LogP contribution in [-0.2, 0) is 5.41 Å².